The molecule has 1 heterocycles. The smallest absolute Gasteiger partial charge is 0.274 e. The van der Waals surface area contributed by atoms with Crippen LogP contribution in [-0.2, 0) is 0 Å². The van der Waals surface area contributed by atoms with Gasteiger partial charge in [-0.1, -0.05) is 6.07 Å². The van der Waals surface area contributed by atoms with Crippen LogP contribution in [0.15, 0.2) is 36.5 Å². The molecule has 146 valence electrons. The number of amides is 1. The van der Waals surface area contributed by atoms with Crippen molar-refractivity contribution in [2.24, 2.45) is 23.7 Å². The Labute approximate surface area is 163 Å². The van der Waals surface area contributed by atoms with E-state index < -0.39 is 4.92 Å². The van der Waals surface area contributed by atoms with E-state index in [1.165, 1.54) is 48.9 Å². The van der Waals surface area contributed by atoms with E-state index >= 15 is 0 Å². The average Bonchev–Trinajstić information content (AvgIpc) is 3.16. The molecule has 28 heavy (non-hydrogen) atoms. The molecule has 1 amide bonds. The van der Waals surface area contributed by atoms with Crippen molar-refractivity contribution in [2.75, 3.05) is 7.05 Å². The van der Waals surface area contributed by atoms with E-state index in [1.807, 2.05) is 11.9 Å². The quantitative estimate of drug-likeness (QED) is 0.598. The second kappa shape index (κ2) is 6.43. The number of nitrogens with zero attached hydrogens (tertiary/aromatic N) is 4. The van der Waals surface area contributed by atoms with E-state index in [-0.39, 0.29) is 11.6 Å². The summed E-state index contributed by atoms with van der Waals surface area (Å²) in [6.07, 6.45) is 8.13. The topological polar surface area (TPSA) is 81.3 Å². The van der Waals surface area contributed by atoms with Crippen LogP contribution >= 0.6 is 0 Å². The van der Waals surface area contributed by atoms with Crippen LogP contribution < -0.4 is 0 Å². The molecule has 6 rings (SSSR count). The van der Waals surface area contributed by atoms with E-state index in [0.29, 0.717) is 29.3 Å². The van der Waals surface area contributed by atoms with Gasteiger partial charge in [0.1, 0.15) is 0 Å². The number of hydrogen-bond donors (Lipinski definition) is 0. The van der Waals surface area contributed by atoms with Crippen LogP contribution in [0.3, 0.4) is 0 Å². The maximum Gasteiger partial charge on any atom is 0.274 e. The third-order valence-corrected chi connectivity index (χ3v) is 7.06. The summed E-state index contributed by atoms with van der Waals surface area (Å²) in [6, 6.07) is 8.30. The monoisotopic (exact) mass is 380 g/mol. The Kier molecular flexibility index (Phi) is 4.00. The van der Waals surface area contributed by atoms with Gasteiger partial charge in [-0.2, -0.15) is 5.10 Å². The molecule has 4 saturated carbocycles. The minimum atomic E-state index is -0.431. The molecule has 0 atom stereocenters. The predicted molar refractivity (Wildman–Crippen MR) is 103 cm³/mol. The Morgan fingerprint density at radius 2 is 1.82 bits per heavy atom. The number of nitro benzene ring substituents is 1. The highest BCUT2D eigenvalue weighted by atomic mass is 16.6. The SMILES string of the molecule is CN(C(=O)c1ccn(-c2cccc([N+](=O)[O-])c2)n1)C1C2CC3CC(C2)CC1C3. The van der Waals surface area contributed by atoms with Gasteiger partial charge < -0.3 is 4.90 Å². The highest BCUT2D eigenvalue weighted by Crippen LogP contribution is 2.55. The molecule has 2 aromatic rings. The number of rotatable bonds is 4. The first-order valence-corrected chi connectivity index (χ1v) is 10.1. The van der Waals surface area contributed by atoms with Gasteiger partial charge in [0, 0.05) is 31.4 Å². The highest BCUT2D eigenvalue weighted by Gasteiger charge is 2.50. The third-order valence-electron chi connectivity index (χ3n) is 7.06. The van der Waals surface area contributed by atoms with Crippen LogP contribution in [0.25, 0.3) is 5.69 Å². The second-order valence-electron chi connectivity index (χ2n) is 8.76. The maximum atomic E-state index is 13.1. The zero-order valence-electron chi connectivity index (χ0n) is 15.9. The third kappa shape index (κ3) is 2.80. The van der Waals surface area contributed by atoms with Gasteiger partial charge in [0.15, 0.2) is 5.69 Å². The number of benzene rings is 1. The minimum Gasteiger partial charge on any atom is -0.337 e. The van der Waals surface area contributed by atoms with Crippen molar-refractivity contribution in [1.29, 1.82) is 0 Å². The summed E-state index contributed by atoms with van der Waals surface area (Å²) in [5.41, 5.74) is 0.972. The van der Waals surface area contributed by atoms with Crippen LogP contribution in [0.4, 0.5) is 5.69 Å². The van der Waals surface area contributed by atoms with Crippen molar-refractivity contribution < 1.29 is 9.72 Å². The molecular formula is C21H24N4O3. The lowest BCUT2D eigenvalue weighted by atomic mass is 9.54. The van der Waals surface area contributed by atoms with Crippen molar-refractivity contribution in [2.45, 2.75) is 38.1 Å². The molecule has 7 heteroatoms. The first kappa shape index (κ1) is 17.4. The lowest BCUT2D eigenvalue weighted by Gasteiger charge is -2.56. The Morgan fingerprint density at radius 3 is 2.46 bits per heavy atom. The number of nitro groups is 1. The molecule has 4 aliphatic carbocycles. The fraction of sp³-hybridized carbons (Fsp3) is 0.524. The molecule has 0 N–H and O–H groups in total. The molecule has 0 radical (unpaired) electrons. The lowest BCUT2D eigenvalue weighted by molar-refractivity contribution is -0.384. The van der Waals surface area contributed by atoms with Crippen molar-refractivity contribution >= 4 is 11.6 Å². The van der Waals surface area contributed by atoms with Crippen molar-refractivity contribution in [3.05, 3.63) is 52.3 Å². The first-order chi connectivity index (χ1) is 13.5. The molecule has 4 aliphatic rings. The largest absolute Gasteiger partial charge is 0.337 e. The summed E-state index contributed by atoms with van der Waals surface area (Å²) in [5, 5.41) is 15.4. The normalized spacial score (nSPS) is 30.4. The molecule has 0 aliphatic heterocycles. The van der Waals surface area contributed by atoms with Gasteiger partial charge in [0.25, 0.3) is 11.6 Å². The van der Waals surface area contributed by atoms with E-state index in [4.69, 9.17) is 0 Å². The summed E-state index contributed by atoms with van der Waals surface area (Å²) in [7, 11) is 1.92. The van der Waals surface area contributed by atoms with Gasteiger partial charge in [-0.05, 0) is 67.9 Å². The van der Waals surface area contributed by atoms with Crippen molar-refractivity contribution in [3.63, 3.8) is 0 Å². The summed E-state index contributed by atoms with van der Waals surface area (Å²) in [6.45, 7) is 0. The fourth-order valence-electron chi connectivity index (χ4n) is 6.18. The van der Waals surface area contributed by atoms with Gasteiger partial charge in [0.2, 0.25) is 0 Å². The highest BCUT2D eigenvalue weighted by molar-refractivity contribution is 5.92. The van der Waals surface area contributed by atoms with E-state index in [1.54, 1.807) is 24.4 Å². The molecule has 1 aromatic heterocycles. The van der Waals surface area contributed by atoms with Crippen LogP contribution in [0.2, 0.25) is 0 Å². The van der Waals surface area contributed by atoms with Crippen LogP contribution in [0, 0.1) is 33.8 Å². The average molecular weight is 380 g/mol. The summed E-state index contributed by atoms with van der Waals surface area (Å²) in [4.78, 5) is 25.6. The fourth-order valence-corrected chi connectivity index (χ4v) is 6.18. The number of carbonyl (C=O) groups is 1. The van der Waals surface area contributed by atoms with E-state index in [2.05, 4.69) is 5.10 Å². The molecular weight excluding hydrogens is 356 g/mol. The lowest BCUT2D eigenvalue weighted by Crippen LogP contribution is -2.56. The molecule has 0 spiro atoms. The van der Waals surface area contributed by atoms with Gasteiger partial charge in [-0.25, -0.2) is 4.68 Å². The predicted octanol–water partition coefficient (Wildman–Crippen LogP) is 3.68. The molecule has 7 nitrogen and oxygen atoms in total. The van der Waals surface area contributed by atoms with Crippen molar-refractivity contribution in [3.8, 4) is 5.69 Å². The Bertz CT molecular complexity index is 909. The number of aromatic nitrogens is 2. The van der Waals surface area contributed by atoms with Gasteiger partial charge in [0.05, 0.1) is 10.6 Å². The Balaban J connectivity index is 1.36. The molecule has 0 unspecified atom stereocenters. The Morgan fingerprint density at radius 1 is 1.14 bits per heavy atom. The molecule has 1 aromatic carbocycles. The first-order valence-electron chi connectivity index (χ1n) is 10.1. The Hall–Kier alpha value is -2.70. The number of carbonyl (C=O) groups excluding carboxylic acids is 1. The van der Waals surface area contributed by atoms with Crippen molar-refractivity contribution in [1.82, 2.24) is 14.7 Å². The zero-order valence-corrected chi connectivity index (χ0v) is 15.9. The van der Waals surface area contributed by atoms with Crippen LogP contribution in [-0.4, -0.2) is 38.6 Å². The van der Waals surface area contributed by atoms with Crippen LogP contribution in [0.5, 0.6) is 0 Å². The van der Waals surface area contributed by atoms with Gasteiger partial charge in [-0.3, -0.25) is 14.9 Å². The van der Waals surface area contributed by atoms with Gasteiger partial charge >= 0.3 is 0 Å². The number of hydrogen-bond acceptors (Lipinski definition) is 4. The summed E-state index contributed by atoms with van der Waals surface area (Å²) < 4.78 is 1.53. The zero-order chi connectivity index (χ0) is 19.4. The van der Waals surface area contributed by atoms with Gasteiger partial charge in [-0.15, -0.1) is 0 Å². The molecule has 4 bridgehead atoms. The standard InChI is InChI=1S/C21H24N4O3/c1-23(20-15-8-13-7-14(10-15)11-16(20)9-13)21(26)19-5-6-24(22-19)17-3-2-4-18(12-17)25(27)28/h2-6,12-16,20H,7-11H2,1H3. The summed E-state index contributed by atoms with van der Waals surface area (Å²) in [5.74, 6) is 2.94. The van der Waals surface area contributed by atoms with E-state index in [9.17, 15) is 14.9 Å². The minimum absolute atomic E-state index is 0.00610. The second-order valence-corrected chi connectivity index (χ2v) is 8.76. The summed E-state index contributed by atoms with van der Waals surface area (Å²) >= 11 is 0. The van der Waals surface area contributed by atoms with E-state index in [0.717, 1.165) is 11.8 Å². The maximum absolute atomic E-state index is 13.1. The molecule has 4 fully saturated rings. The number of non-ortho nitro benzene ring substituents is 1. The molecule has 0 saturated heterocycles. The van der Waals surface area contributed by atoms with Crippen LogP contribution in [0.1, 0.15) is 42.6 Å².